The third-order valence-corrected chi connectivity index (χ3v) is 6.44. The molecule has 1 aromatic heterocycles. The van der Waals surface area contributed by atoms with E-state index in [9.17, 15) is 9.59 Å². The van der Waals surface area contributed by atoms with Crippen LogP contribution in [0.1, 0.15) is 18.1 Å². The fourth-order valence-electron chi connectivity index (χ4n) is 2.71. The van der Waals surface area contributed by atoms with Crippen LogP contribution in [0.2, 0.25) is 0 Å². The standard InChI is InChI=1S/C22H25N5O2S2/c1-14-5-9-17(10-6-14)23-19(28)13-27(4)20(29)16(3)30-22-26-25-21(31-22)24-18-11-7-15(2)8-12-18/h5-12,16H,13H2,1-4H3,(H,23,28)(H,24,25)/t16-/m0/s1. The quantitative estimate of drug-likeness (QED) is 0.487. The lowest BCUT2D eigenvalue weighted by atomic mass is 10.2. The maximum atomic E-state index is 12.7. The van der Waals surface area contributed by atoms with Crippen molar-refractivity contribution in [1.29, 1.82) is 0 Å². The molecular formula is C22H25N5O2S2. The molecule has 0 radical (unpaired) electrons. The molecule has 7 nitrogen and oxygen atoms in total. The number of hydrogen-bond acceptors (Lipinski definition) is 7. The number of carbonyl (C=O) groups excluding carboxylic acids is 2. The molecule has 162 valence electrons. The Bertz CT molecular complexity index is 1030. The molecule has 3 rings (SSSR count). The number of rotatable bonds is 8. The van der Waals surface area contributed by atoms with Gasteiger partial charge in [0.2, 0.25) is 16.9 Å². The van der Waals surface area contributed by atoms with Crippen LogP contribution in [0.4, 0.5) is 16.5 Å². The number of aromatic nitrogens is 2. The summed E-state index contributed by atoms with van der Waals surface area (Å²) in [6.45, 7) is 5.80. The second-order valence-electron chi connectivity index (χ2n) is 7.23. The Labute approximate surface area is 190 Å². The van der Waals surface area contributed by atoms with E-state index in [0.29, 0.717) is 15.2 Å². The largest absolute Gasteiger partial charge is 0.335 e. The summed E-state index contributed by atoms with van der Waals surface area (Å²) in [4.78, 5) is 26.4. The number of carbonyl (C=O) groups is 2. The summed E-state index contributed by atoms with van der Waals surface area (Å²) in [5.74, 6) is -0.385. The van der Waals surface area contributed by atoms with Crippen molar-refractivity contribution in [2.45, 2.75) is 30.4 Å². The molecule has 3 aromatic rings. The number of thioether (sulfide) groups is 1. The van der Waals surface area contributed by atoms with Crippen molar-refractivity contribution in [3.63, 3.8) is 0 Å². The predicted octanol–water partition coefficient (Wildman–Crippen LogP) is 4.48. The van der Waals surface area contributed by atoms with E-state index < -0.39 is 5.25 Å². The van der Waals surface area contributed by atoms with Crippen LogP contribution in [0.15, 0.2) is 52.9 Å². The minimum atomic E-state index is -0.391. The number of amides is 2. The third-order valence-electron chi connectivity index (χ3n) is 4.43. The number of benzene rings is 2. The van der Waals surface area contributed by atoms with Gasteiger partial charge in [0.05, 0.1) is 11.8 Å². The zero-order valence-corrected chi connectivity index (χ0v) is 19.5. The van der Waals surface area contributed by atoms with Gasteiger partial charge in [-0.15, -0.1) is 10.2 Å². The molecule has 0 bridgehead atoms. The van der Waals surface area contributed by atoms with Crippen molar-refractivity contribution in [2.75, 3.05) is 24.2 Å². The molecule has 1 heterocycles. The number of likely N-dealkylation sites (N-methyl/N-ethyl adjacent to an activating group) is 1. The Morgan fingerprint density at radius 3 is 2.19 bits per heavy atom. The molecule has 2 N–H and O–H groups in total. The molecule has 2 amide bonds. The molecule has 0 unspecified atom stereocenters. The van der Waals surface area contributed by atoms with Gasteiger partial charge in [-0.1, -0.05) is 58.5 Å². The molecule has 0 saturated carbocycles. The normalized spacial score (nSPS) is 11.6. The van der Waals surface area contributed by atoms with Crippen molar-refractivity contribution in [3.8, 4) is 0 Å². The summed E-state index contributed by atoms with van der Waals surface area (Å²) in [6.07, 6.45) is 0. The zero-order chi connectivity index (χ0) is 22.4. The van der Waals surface area contributed by atoms with Crippen LogP contribution in [0.3, 0.4) is 0 Å². The predicted molar refractivity (Wildman–Crippen MR) is 127 cm³/mol. The minimum Gasteiger partial charge on any atom is -0.335 e. The lowest BCUT2D eigenvalue weighted by molar-refractivity contribution is -0.132. The Morgan fingerprint density at radius 1 is 1.00 bits per heavy atom. The number of nitrogens with zero attached hydrogens (tertiary/aromatic N) is 3. The fourth-order valence-corrected chi connectivity index (χ4v) is 4.74. The van der Waals surface area contributed by atoms with Gasteiger partial charge >= 0.3 is 0 Å². The molecular weight excluding hydrogens is 430 g/mol. The van der Waals surface area contributed by atoms with E-state index in [1.807, 2.05) is 62.4 Å². The van der Waals surface area contributed by atoms with E-state index in [0.717, 1.165) is 11.3 Å². The Kier molecular flexibility index (Phi) is 7.64. The minimum absolute atomic E-state index is 0.0199. The number of nitrogens with one attached hydrogen (secondary N) is 2. The molecule has 0 aliphatic heterocycles. The summed E-state index contributed by atoms with van der Waals surface area (Å²) in [5, 5.41) is 14.6. The number of anilines is 3. The second kappa shape index (κ2) is 10.4. The summed E-state index contributed by atoms with van der Waals surface area (Å²) in [7, 11) is 1.62. The van der Waals surface area contributed by atoms with Crippen molar-refractivity contribution in [3.05, 3.63) is 59.7 Å². The Morgan fingerprint density at radius 2 is 1.58 bits per heavy atom. The topological polar surface area (TPSA) is 87.2 Å². The van der Waals surface area contributed by atoms with Crippen LogP contribution in [0.5, 0.6) is 0 Å². The van der Waals surface area contributed by atoms with E-state index in [4.69, 9.17) is 0 Å². The van der Waals surface area contributed by atoms with Crippen molar-refractivity contribution in [2.24, 2.45) is 0 Å². The van der Waals surface area contributed by atoms with Gasteiger partial charge in [0.25, 0.3) is 0 Å². The molecule has 0 aliphatic carbocycles. The van der Waals surface area contributed by atoms with Crippen LogP contribution in [0.25, 0.3) is 0 Å². The average Bonchev–Trinajstić information content (AvgIpc) is 3.17. The van der Waals surface area contributed by atoms with Crippen LogP contribution in [0, 0.1) is 13.8 Å². The van der Waals surface area contributed by atoms with Crippen LogP contribution in [-0.2, 0) is 9.59 Å². The van der Waals surface area contributed by atoms with Crippen molar-refractivity contribution in [1.82, 2.24) is 15.1 Å². The zero-order valence-electron chi connectivity index (χ0n) is 17.9. The van der Waals surface area contributed by atoms with Crippen LogP contribution in [-0.4, -0.2) is 45.8 Å². The van der Waals surface area contributed by atoms with Gasteiger partial charge in [0, 0.05) is 18.4 Å². The number of hydrogen-bond donors (Lipinski definition) is 2. The summed E-state index contributed by atoms with van der Waals surface area (Å²) >= 11 is 2.71. The van der Waals surface area contributed by atoms with Gasteiger partial charge in [-0.2, -0.15) is 0 Å². The van der Waals surface area contributed by atoms with Gasteiger partial charge in [-0.25, -0.2) is 0 Å². The molecule has 31 heavy (non-hydrogen) atoms. The first kappa shape index (κ1) is 22.8. The second-order valence-corrected chi connectivity index (χ2v) is 9.80. The van der Waals surface area contributed by atoms with Crippen LogP contribution < -0.4 is 10.6 Å². The van der Waals surface area contributed by atoms with E-state index in [1.165, 1.54) is 33.6 Å². The average molecular weight is 456 g/mol. The van der Waals surface area contributed by atoms with Gasteiger partial charge < -0.3 is 15.5 Å². The molecule has 0 saturated heterocycles. The lowest BCUT2D eigenvalue weighted by Gasteiger charge is -2.20. The van der Waals surface area contributed by atoms with Gasteiger partial charge in [0.1, 0.15) is 0 Å². The van der Waals surface area contributed by atoms with Crippen LogP contribution >= 0.6 is 23.1 Å². The Balaban J connectivity index is 1.50. The fraction of sp³-hybridized carbons (Fsp3) is 0.273. The first-order valence-corrected chi connectivity index (χ1v) is 11.4. The lowest BCUT2D eigenvalue weighted by Crippen LogP contribution is -2.38. The van der Waals surface area contributed by atoms with E-state index >= 15 is 0 Å². The van der Waals surface area contributed by atoms with Crippen molar-refractivity contribution >= 4 is 51.4 Å². The summed E-state index contributed by atoms with van der Waals surface area (Å²) < 4.78 is 0.688. The van der Waals surface area contributed by atoms with Gasteiger partial charge in [0.15, 0.2) is 4.34 Å². The molecule has 0 spiro atoms. The monoisotopic (exact) mass is 455 g/mol. The maximum absolute atomic E-state index is 12.7. The summed E-state index contributed by atoms with van der Waals surface area (Å²) in [5.41, 5.74) is 3.94. The molecule has 0 aliphatic rings. The molecule has 9 heteroatoms. The number of aryl methyl sites for hydroxylation is 2. The van der Waals surface area contributed by atoms with E-state index in [2.05, 4.69) is 20.8 Å². The smallest absolute Gasteiger partial charge is 0.243 e. The first-order valence-electron chi connectivity index (χ1n) is 9.75. The highest BCUT2D eigenvalue weighted by Crippen LogP contribution is 2.31. The Hall–Kier alpha value is -2.91. The van der Waals surface area contributed by atoms with Crippen molar-refractivity contribution < 1.29 is 9.59 Å². The van der Waals surface area contributed by atoms with Gasteiger partial charge in [-0.05, 0) is 45.0 Å². The SMILES string of the molecule is Cc1ccc(NC(=O)CN(C)C(=O)[C@H](C)Sc2nnc(Nc3ccc(C)cc3)s2)cc1. The highest BCUT2D eigenvalue weighted by atomic mass is 32.2. The van der Waals surface area contributed by atoms with E-state index in [-0.39, 0.29) is 18.4 Å². The van der Waals surface area contributed by atoms with Gasteiger partial charge in [-0.3, -0.25) is 9.59 Å². The van der Waals surface area contributed by atoms with E-state index in [1.54, 1.807) is 14.0 Å². The molecule has 1 atom stereocenters. The highest BCUT2D eigenvalue weighted by molar-refractivity contribution is 8.02. The highest BCUT2D eigenvalue weighted by Gasteiger charge is 2.22. The molecule has 0 fully saturated rings. The first-order chi connectivity index (χ1) is 14.8. The molecule has 2 aromatic carbocycles. The maximum Gasteiger partial charge on any atom is 0.243 e. The summed E-state index contributed by atoms with van der Waals surface area (Å²) in [6, 6.07) is 15.5. The third kappa shape index (κ3) is 6.80.